The van der Waals surface area contributed by atoms with Gasteiger partial charge in [-0.25, -0.2) is 5.01 Å². The van der Waals surface area contributed by atoms with E-state index in [4.69, 9.17) is 9.84 Å². The number of hydrogen-bond acceptors (Lipinski definition) is 6. The normalized spacial score (nSPS) is 17.2. The molecular weight excluding hydrogens is 448 g/mol. The van der Waals surface area contributed by atoms with Gasteiger partial charge in [0.2, 0.25) is 5.91 Å². The number of carbonyl (C=O) groups is 3. The molecule has 1 aromatic carbocycles. The molecule has 1 saturated heterocycles. The molecule has 2 amide bonds. The van der Waals surface area contributed by atoms with Gasteiger partial charge in [-0.2, -0.15) is 0 Å². The van der Waals surface area contributed by atoms with Gasteiger partial charge in [-0.15, -0.1) is 0 Å². The number of hydrazine groups is 1. The van der Waals surface area contributed by atoms with E-state index in [9.17, 15) is 14.4 Å². The third-order valence-corrected chi connectivity index (χ3v) is 6.76. The molecule has 0 aromatic heterocycles. The van der Waals surface area contributed by atoms with E-state index in [2.05, 4.69) is 10.3 Å². The van der Waals surface area contributed by atoms with Crippen molar-refractivity contribution in [3.8, 4) is 5.75 Å². The van der Waals surface area contributed by atoms with Crippen molar-refractivity contribution in [2.24, 2.45) is 0 Å². The average molecular weight is 489 g/mol. The van der Waals surface area contributed by atoms with Crippen LogP contribution in [0.15, 0.2) is 24.3 Å². The Morgan fingerprint density at radius 3 is 2.31 bits per heavy atom. The Bertz CT molecular complexity index is 835. The Balaban J connectivity index is 1.79. The van der Waals surface area contributed by atoms with Crippen molar-refractivity contribution >= 4 is 23.5 Å². The van der Waals surface area contributed by atoms with Gasteiger partial charge in [-0.1, -0.05) is 19.8 Å². The van der Waals surface area contributed by atoms with E-state index >= 15 is 0 Å². The smallest absolute Gasteiger partial charge is 0.303 e. The largest absolute Gasteiger partial charge is 0.494 e. The fraction of sp³-hybridized carbons (Fsp3) is 0.654. The molecule has 9 nitrogen and oxygen atoms in total. The molecule has 1 unspecified atom stereocenters. The van der Waals surface area contributed by atoms with E-state index < -0.39 is 12.1 Å². The number of anilines is 1. The van der Waals surface area contributed by atoms with Crippen molar-refractivity contribution in [3.05, 3.63) is 24.3 Å². The average Bonchev–Trinajstić information content (AvgIpc) is 3.57. The van der Waals surface area contributed by atoms with E-state index in [1.165, 1.54) is 0 Å². The van der Waals surface area contributed by atoms with Crippen molar-refractivity contribution in [3.63, 3.8) is 0 Å². The van der Waals surface area contributed by atoms with Gasteiger partial charge in [-0.05, 0) is 63.3 Å². The Morgan fingerprint density at radius 2 is 1.74 bits per heavy atom. The third kappa shape index (κ3) is 7.34. The molecule has 194 valence electrons. The number of amides is 2. The number of ether oxygens (including phenoxy) is 1. The highest BCUT2D eigenvalue weighted by molar-refractivity contribution is 5.89. The summed E-state index contributed by atoms with van der Waals surface area (Å²) in [6, 6.07) is 7.32. The Morgan fingerprint density at radius 1 is 1.09 bits per heavy atom. The van der Waals surface area contributed by atoms with Crippen LogP contribution in [0.25, 0.3) is 0 Å². The molecule has 0 bridgehead atoms. The number of benzene rings is 1. The summed E-state index contributed by atoms with van der Waals surface area (Å²) < 4.78 is 5.63. The van der Waals surface area contributed by atoms with Crippen molar-refractivity contribution in [1.82, 2.24) is 14.9 Å². The predicted molar refractivity (Wildman–Crippen MR) is 134 cm³/mol. The van der Waals surface area contributed by atoms with Crippen LogP contribution in [0.4, 0.5) is 5.69 Å². The lowest BCUT2D eigenvalue weighted by atomic mass is 10.1. The molecule has 2 fully saturated rings. The van der Waals surface area contributed by atoms with Gasteiger partial charge in [0, 0.05) is 44.2 Å². The number of aliphatic carboxylic acids is 1. The van der Waals surface area contributed by atoms with Crippen LogP contribution in [0.3, 0.4) is 0 Å². The molecule has 9 heteroatoms. The zero-order chi connectivity index (χ0) is 25.2. The lowest BCUT2D eigenvalue weighted by Crippen LogP contribution is -2.60. The Hall–Kier alpha value is -2.81. The summed E-state index contributed by atoms with van der Waals surface area (Å²) in [5.41, 5.74) is 0.727. The van der Waals surface area contributed by atoms with Gasteiger partial charge in [0.15, 0.2) is 6.17 Å². The molecule has 1 heterocycles. The summed E-state index contributed by atoms with van der Waals surface area (Å²) in [4.78, 5) is 39.5. The van der Waals surface area contributed by atoms with Crippen LogP contribution in [0.1, 0.15) is 71.6 Å². The minimum atomic E-state index is -0.840. The van der Waals surface area contributed by atoms with Gasteiger partial charge in [0.1, 0.15) is 5.75 Å². The SMILES string of the molecule is CCC(=O)N(C1CCCC1)C(Nc1ccc(OCCCC(=O)O)cc1)C(=O)N(CC)N1CCCC1. The lowest BCUT2D eigenvalue weighted by molar-refractivity contribution is -0.157. The minimum absolute atomic E-state index is 0.0152. The van der Waals surface area contributed by atoms with Gasteiger partial charge in [0.05, 0.1) is 6.61 Å². The summed E-state index contributed by atoms with van der Waals surface area (Å²) in [5, 5.41) is 16.0. The molecule has 1 atom stereocenters. The first kappa shape index (κ1) is 26.8. The number of rotatable bonds is 13. The second-order valence-electron chi connectivity index (χ2n) is 9.22. The molecule has 2 N–H and O–H groups in total. The van der Waals surface area contributed by atoms with Crippen LogP contribution in [-0.4, -0.2) is 76.3 Å². The topological polar surface area (TPSA) is 102 Å². The van der Waals surface area contributed by atoms with Gasteiger partial charge < -0.3 is 20.1 Å². The van der Waals surface area contributed by atoms with E-state index in [0.29, 0.717) is 31.7 Å². The fourth-order valence-corrected chi connectivity index (χ4v) is 4.97. The molecule has 1 saturated carbocycles. The molecule has 0 spiro atoms. The number of likely N-dealkylation sites (N-methyl/N-ethyl adjacent to an activating group) is 1. The second-order valence-corrected chi connectivity index (χ2v) is 9.22. The molecule has 2 aliphatic rings. The number of carboxylic acid groups (broad SMARTS) is 1. The molecule has 3 rings (SSSR count). The maximum absolute atomic E-state index is 13.9. The summed E-state index contributed by atoms with van der Waals surface area (Å²) >= 11 is 0. The highest BCUT2D eigenvalue weighted by atomic mass is 16.5. The van der Waals surface area contributed by atoms with Crippen molar-refractivity contribution in [2.45, 2.75) is 83.8 Å². The first-order valence-electron chi connectivity index (χ1n) is 13.0. The van der Waals surface area contributed by atoms with Crippen LogP contribution in [-0.2, 0) is 14.4 Å². The molecular formula is C26H40N4O5. The highest BCUT2D eigenvalue weighted by Gasteiger charge is 2.39. The maximum Gasteiger partial charge on any atom is 0.303 e. The minimum Gasteiger partial charge on any atom is -0.494 e. The van der Waals surface area contributed by atoms with Crippen LogP contribution in [0, 0.1) is 0 Å². The van der Waals surface area contributed by atoms with Crippen molar-refractivity contribution in [1.29, 1.82) is 0 Å². The Kier molecular flexibility index (Phi) is 10.2. The van der Waals surface area contributed by atoms with Crippen LogP contribution in [0.2, 0.25) is 0 Å². The maximum atomic E-state index is 13.9. The fourth-order valence-electron chi connectivity index (χ4n) is 4.97. The molecule has 1 aliphatic heterocycles. The first-order chi connectivity index (χ1) is 16.9. The predicted octanol–water partition coefficient (Wildman–Crippen LogP) is 3.71. The van der Waals surface area contributed by atoms with Crippen molar-refractivity contribution < 1.29 is 24.2 Å². The van der Waals surface area contributed by atoms with Gasteiger partial charge in [-0.3, -0.25) is 19.4 Å². The second kappa shape index (κ2) is 13.3. The number of hydrogen-bond donors (Lipinski definition) is 2. The molecule has 1 aliphatic carbocycles. The monoisotopic (exact) mass is 488 g/mol. The number of nitrogens with one attached hydrogen (secondary N) is 1. The third-order valence-electron chi connectivity index (χ3n) is 6.76. The van der Waals surface area contributed by atoms with E-state index in [1.807, 2.05) is 26.0 Å². The molecule has 0 radical (unpaired) electrons. The van der Waals surface area contributed by atoms with Crippen LogP contribution in [0.5, 0.6) is 5.75 Å². The zero-order valence-corrected chi connectivity index (χ0v) is 21.1. The molecule has 1 aromatic rings. The van der Waals surface area contributed by atoms with E-state index in [1.54, 1.807) is 22.0 Å². The van der Waals surface area contributed by atoms with Crippen molar-refractivity contribution in [2.75, 3.05) is 31.6 Å². The van der Waals surface area contributed by atoms with Gasteiger partial charge >= 0.3 is 5.97 Å². The van der Waals surface area contributed by atoms with Crippen LogP contribution < -0.4 is 10.1 Å². The zero-order valence-electron chi connectivity index (χ0n) is 21.1. The van der Waals surface area contributed by atoms with Crippen LogP contribution >= 0.6 is 0 Å². The first-order valence-corrected chi connectivity index (χ1v) is 13.0. The molecule has 35 heavy (non-hydrogen) atoms. The summed E-state index contributed by atoms with van der Waals surface area (Å²) in [5.74, 6) is -0.323. The van der Waals surface area contributed by atoms with E-state index in [0.717, 1.165) is 57.3 Å². The summed E-state index contributed by atoms with van der Waals surface area (Å²) in [6.07, 6.45) is 6.15. The standard InChI is InChI=1S/C26H40N4O5/c1-3-23(31)30(21-10-5-6-11-21)25(26(34)29(4-2)28-17-7-8-18-28)27-20-13-15-22(16-14-20)35-19-9-12-24(32)33/h13-16,21,25,27H,3-12,17-19H2,1-2H3,(H,32,33). The van der Waals surface area contributed by atoms with Gasteiger partial charge in [0.25, 0.3) is 5.91 Å². The Labute approximate surface area is 208 Å². The quantitative estimate of drug-likeness (QED) is 0.322. The number of carbonyl (C=O) groups excluding carboxylic acids is 2. The number of nitrogens with zero attached hydrogens (tertiary/aromatic N) is 3. The summed E-state index contributed by atoms with van der Waals surface area (Å²) in [7, 11) is 0. The van der Waals surface area contributed by atoms with E-state index in [-0.39, 0.29) is 24.3 Å². The summed E-state index contributed by atoms with van der Waals surface area (Å²) in [6.45, 7) is 6.41. The lowest BCUT2D eigenvalue weighted by Gasteiger charge is -2.41. The highest BCUT2D eigenvalue weighted by Crippen LogP contribution is 2.28. The number of carboxylic acids is 1.